The second kappa shape index (κ2) is 7.84. The molecule has 0 aliphatic rings. The van der Waals surface area contributed by atoms with Gasteiger partial charge in [0, 0.05) is 28.0 Å². The van der Waals surface area contributed by atoms with Gasteiger partial charge in [-0.25, -0.2) is 4.68 Å². The van der Waals surface area contributed by atoms with E-state index in [4.69, 9.17) is 16.3 Å². The molecular weight excluding hydrogens is 362 g/mol. The van der Waals surface area contributed by atoms with Crippen LogP contribution in [0.3, 0.4) is 0 Å². The molecule has 0 unspecified atom stereocenters. The molecule has 2 aromatic carbocycles. The molecule has 3 rings (SSSR count). The molecule has 1 heterocycles. The van der Waals surface area contributed by atoms with Crippen LogP contribution in [0.15, 0.2) is 42.5 Å². The summed E-state index contributed by atoms with van der Waals surface area (Å²) < 4.78 is 7.02. The number of hydrogen-bond donors (Lipinski definition) is 1. The molecule has 0 radical (unpaired) electrons. The molecular formula is C21H22ClN3O2. The van der Waals surface area contributed by atoms with Gasteiger partial charge in [-0.15, -0.1) is 0 Å². The lowest BCUT2D eigenvalue weighted by molar-refractivity contribution is -0.115. The van der Waals surface area contributed by atoms with Crippen molar-refractivity contribution in [2.24, 2.45) is 0 Å². The molecule has 1 N–H and O–H groups in total. The smallest absolute Gasteiger partial charge is 0.228 e. The number of aromatic nitrogens is 2. The molecule has 3 aromatic rings. The van der Waals surface area contributed by atoms with E-state index in [0.29, 0.717) is 16.5 Å². The van der Waals surface area contributed by atoms with Crippen LogP contribution in [0.4, 0.5) is 5.69 Å². The van der Waals surface area contributed by atoms with Crippen molar-refractivity contribution in [1.29, 1.82) is 0 Å². The number of aryl methyl sites for hydroxylation is 2. The first-order chi connectivity index (χ1) is 12.9. The van der Waals surface area contributed by atoms with Crippen LogP contribution in [-0.4, -0.2) is 22.8 Å². The number of nitrogens with zero attached hydrogens (tertiary/aromatic N) is 2. The Morgan fingerprint density at radius 1 is 1.19 bits per heavy atom. The van der Waals surface area contributed by atoms with Gasteiger partial charge in [0.2, 0.25) is 5.91 Å². The van der Waals surface area contributed by atoms with Crippen molar-refractivity contribution >= 4 is 23.2 Å². The molecule has 0 aliphatic heterocycles. The fourth-order valence-electron chi connectivity index (χ4n) is 2.96. The number of anilines is 1. The number of methoxy groups -OCH3 is 1. The molecule has 6 heteroatoms. The number of halogens is 1. The van der Waals surface area contributed by atoms with Crippen molar-refractivity contribution < 1.29 is 9.53 Å². The van der Waals surface area contributed by atoms with E-state index in [0.717, 1.165) is 28.2 Å². The van der Waals surface area contributed by atoms with Gasteiger partial charge in [0.25, 0.3) is 0 Å². The molecule has 140 valence electrons. The van der Waals surface area contributed by atoms with Crippen LogP contribution >= 0.6 is 11.6 Å². The van der Waals surface area contributed by atoms with E-state index in [1.807, 2.05) is 61.9 Å². The third-order valence-corrected chi connectivity index (χ3v) is 4.94. The number of hydrogen-bond acceptors (Lipinski definition) is 3. The van der Waals surface area contributed by atoms with Gasteiger partial charge in [-0.3, -0.25) is 4.79 Å². The average molecular weight is 384 g/mol. The normalized spacial score (nSPS) is 10.7. The summed E-state index contributed by atoms with van der Waals surface area (Å²) in [5, 5.41) is 8.20. The van der Waals surface area contributed by atoms with Gasteiger partial charge in [0.1, 0.15) is 5.75 Å². The molecule has 0 fully saturated rings. The van der Waals surface area contributed by atoms with Crippen molar-refractivity contribution in [1.82, 2.24) is 9.78 Å². The zero-order valence-electron chi connectivity index (χ0n) is 15.8. The first kappa shape index (κ1) is 19.0. The monoisotopic (exact) mass is 383 g/mol. The van der Waals surface area contributed by atoms with Crippen LogP contribution in [-0.2, 0) is 11.2 Å². The summed E-state index contributed by atoms with van der Waals surface area (Å²) >= 11 is 6.25. The first-order valence-electron chi connectivity index (χ1n) is 8.64. The summed E-state index contributed by atoms with van der Waals surface area (Å²) in [7, 11) is 1.60. The van der Waals surface area contributed by atoms with Crippen LogP contribution in [0, 0.1) is 20.8 Å². The number of ether oxygens (including phenoxy) is 1. The number of amides is 1. The van der Waals surface area contributed by atoms with Crippen LogP contribution < -0.4 is 10.1 Å². The van der Waals surface area contributed by atoms with Crippen molar-refractivity contribution in [3.8, 4) is 11.4 Å². The summed E-state index contributed by atoms with van der Waals surface area (Å²) in [6.45, 7) is 5.83. The van der Waals surface area contributed by atoms with Crippen molar-refractivity contribution in [3.05, 3.63) is 70.0 Å². The van der Waals surface area contributed by atoms with E-state index in [9.17, 15) is 4.79 Å². The highest BCUT2D eigenvalue weighted by molar-refractivity contribution is 6.31. The molecule has 1 aromatic heterocycles. The van der Waals surface area contributed by atoms with E-state index >= 15 is 0 Å². The Balaban J connectivity index is 1.81. The minimum atomic E-state index is -0.101. The molecule has 0 saturated heterocycles. The molecule has 5 nitrogen and oxygen atoms in total. The number of benzene rings is 2. The molecule has 0 aliphatic carbocycles. The topological polar surface area (TPSA) is 56.1 Å². The van der Waals surface area contributed by atoms with Gasteiger partial charge in [0.05, 0.1) is 24.9 Å². The lowest BCUT2D eigenvalue weighted by Crippen LogP contribution is -2.15. The second-order valence-corrected chi connectivity index (χ2v) is 6.86. The van der Waals surface area contributed by atoms with E-state index in [-0.39, 0.29) is 12.3 Å². The van der Waals surface area contributed by atoms with Crippen LogP contribution in [0.5, 0.6) is 5.75 Å². The maximum atomic E-state index is 12.5. The van der Waals surface area contributed by atoms with Gasteiger partial charge in [0.15, 0.2) is 0 Å². The van der Waals surface area contributed by atoms with E-state index in [2.05, 4.69) is 10.4 Å². The highest BCUT2D eigenvalue weighted by atomic mass is 35.5. The SMILES string of the molecule is COc1cccc(NC(=O)Cc2c(C)nn(-c3ccc(C)c(Cl)c3)c2C)c1. The fraction of sp³-hybridized carbons (Fsp3) is 0.238. The lowest BCUT2D eigenvalue weighted by Gasteiger charge is -2.09. The standard InChI is InChI=1S/C21H22ClN3O2/c1-13-8-9-17(11-20(13)22)25-15(3)19(14(2)24-25)12-21(26)23-16-6-5-7-18(10-16)27-4/h5-11H,12H2,1-4H3,(H,23,26). The van der Waals surface area contributed by atoms with Gasteiger partial charge >= 0.3 is 0 Å². The van der Waals surface area contributed by atoms with E-state index in [1.165, 1.54) is 0 Å². The minimum absolute atomic E-state index is 0.101. The molecule has 27 heavy (non-hydrogen) atoms. The highest BCUT2D eigenvalue weighted by Gasteiger charge is 2.16. The van der Waals surface area contributed by atoms with Crippen molar-refractivity contribution in [3.63, 3.8) is 0 Å². The number of rotatable bonds is 5. The zero-order valence-corrected chi connectivity index (χ0v) is 16.6. The van der Waals surface area contributed by atoms with Crippen LogP contribution in [0.2, 0.25) is 5.02 Å². The summed E-state index contributed by atoms with van der Waals surface area (Å²) in [6, 6.07) is 13.1. The minimum Gasteiger partial charge on any atom is -0.497 e. The number of carbonyl (C=O) groups excluding carboxylic acids is 1. The molecule has 0 spiro atoms. The van der Waals surface area contributed by atoms with E-state index < -0.39 is 0 Å². The maximum absolute atomic E-state index is 12.5. The molecule has 0 saturated carbocycles. The number of carbonyl (C=O) groups is 1. The number of nitrogens with one attached hydrogen (secondary N) is 1. The second-order valence-electron chi connectivity index (χ2n) is 6.45. The van der Waals surface area contributed by atoms with Gasteiger partial charge in [-0.1, -0.05) is 23.7 Å². The Morgan fingerprint density at radius 3 is 2.67 bits per heavy atom. The fourth-order valence-corrected chi connectivity index (χ4v) is 3.14. The highest BCUT2D eigenvalue weighted by Crippen LogP contribution is 2.23. The Hall–Kier alpha value is -2.79. The average Bonchev–Trinajstić information content (AvgIpc) is 2.92. The Bertz CT molecular complexity index is 995. The lowest BCUT2D eigenvalue weighted by atomic mass is 10.1. The quantitative estimate of drug-likeness (QED) is 0.698. The zero-order chi connectivity index (χ0) is 19.6. The predicted molar refractivity (Wildman–Crippen MR) is 108 cm³/mol. The molecule has 0 atom stereocenters. The van der Waals surface area contributed by atoms with E-state index in [1.54, 1.807) is 13.2 Å². The third kappa shape index (κ3) is 4.14. The van der Waals surface area contributed by atoms with Crippen molar-refractivity contribution in [2.75, 3.05) is 12.4 Å². The summed E-state index contributed by atoms with van der Waals surface area (Å²) in [4.78, 5) is 12.5. The summed E-state index contributed by atoms with van der Waals surface area (Å²) in [5.74, 6) is 0.597. The maximum Gasteiger partial charge on any atom is 0.228 e. The Kier molecular flexibility index (Phi) is 5.51. The van der Waals surface area contributed by atoms with Crippen LogP contribution in [0.25, 0.3) is 5.69 Å². The van der Waals surface area contributed by atoms with Gasteiger partial charge in [-0.05, 0) is 50.6 Å². The molecule has 0 bridgehead atoms. The van der Waals surface area contributed by atoms with Crippen LogP contribution in [0.1, 0.15) is 22.5 Å². The van der Waals surface area contributed by atoms with Crippen molar-refractivity contribution in [2.45, 2.75) is 27.2 Å². The third-order valence-electron chi connectivity index (χ3n) is 4.53. The molecule has 1 amide bonds. The summed E-state index contributed by atoms with van der Waals surface area (Å²) in [5.41, 5.74) is 5.25. The Morgan fingerprint density at radius 2 is 1.96 bits per heavy atom. The first-order valence-corrected chi connectivity index (χ1v) is 9.02. The van der Waals surface area contributed by atoms with Gasteiger partial charge in [-0.2, -0.15) is 5.10 Å². The Labute approximate surface area is 163 Å². The predicted octanol–water partition coefficient (Wildman–Crippen LogP) is 4.64. The summed E-state index contributed by atoms with van der Waals surface area (Å²) in [6.07, 6.45) is 0.245. The van der Waals surface area contributed by atoms with Gasteiger partial charge < -0.3 is 10.1 Å². The largest absolute Gasteiger partial charge is 0.497 e.